The van der Waals surface area contributed by atoms with Crippen molar-refractivity contribution in [1.29, 1.82) is 0 Å². The van der Waals surface area contributed by atoms with E-state index in [-0.39, 0.29) is 30.0 Å². The highest BCUT2D eigenvalue weighted by molar-refractivity contribution is 5.85. The highest BCUT2D eigenvalue weighted by Crippen LogP contribution is 2.61. The summed E-state index contributed by atoms with van der Waals surface area (Å²) >= 11 is 0. The molecular formula is C19H34ClNO. The van der Waals surface area contributed by atoms with Crippen molar-refractivity contribution in [3.63, 3.8) is 0 Å². The third-order valence-electron chi connectivity index (χ3n) is 7.29. The first kappa shape index (κ1) is 17.0. The Bertz CT molecular complexity index is 344. The van der Waals surface area contributed by atoms with Crippen molar-refractivity contribution in [2.24, 2.45) is 23.2 Å². The molecule has 2 unspecified atom stereocenters. The standard InChI is InChI=1S/C19H33NO.ClH/c1-13(20-17-5-3-2-4-6-17)18(21)19-10-14-7-15(11-19)9-16(8-14)12-19;/h13-18,20-21H,2-12H2,1H3;1H. The van der Waals surface area contributed by atoms with Crippen molar-refractivity contribution in [3.05, 3.63) is 0 Å². The van der Waals surface area contributed by atoms with Crippen molar-refractivity contribution in [2.45, 2.75) is 95.7 Å². The van der Waals surface area contributed by atoms with Gasteiger partial charge in [0.25, 0.3) is 0 Å². The summed E-state index contributed by atoms with van der Waals surface area (Å²) in [4.78, 5) is 0. The zero-order valence-corrected chi connectivity index (χ0v) is 14.9. The summed E-state index contributed by atoms with van der Waals surface area (Å²) in [7, 11) is 0. The van der Waals surface area contributed by atoms with Gasteiger partial charge in [-0.25, -0.2) is 0 Å². The average Bonchev–Trinajstić information content (AvgIpc) is 2.46. The molecule has 0 aliphatic heterocycles. The van der Waals surface area contributed by atoms with Gasteiger partial charge in [-0.3, -0.25) is 0 Å². The second-order valence-electron chi connectivity index (χ2n) is 9.02. The summed E-state index contributed by atoms with van der Waals surface area (Å²) in [6.45, 7) is 2.25. The van der Waals surface area contributed by atoms with Crippen LogP contribution in [0.3, 0.4) is 0 Å². The summed E-state index contributed by atoms with van der Waals surface area (Å²) in [5, 5.41) is 14.9. The summed E-state index contributed by atoms with van der Waals surface area (Å²) in [5.41, 5.74) is 0.274. The predicted molar refractivity (Wildman–Crippen MR) is 93.3 cm³/mol. The van der Waals surface area contributed by atoms with Crippen LogP contribution in [-0.2, 0) is 0 Å². The first-order valence-corrected chi connectivity index (χ1v) is 9.59. The van der Waals surface area contributed by atoms with Gasteiger partial charge in [0.2, 0.25) is 0 Å². The lowest BCUT2D eigenvalue weighted by atomic mass is 9.47. The first-order valence-electron chi connectivity index (χ1n) is 9.59. The quantitative estimate of drug-likeness (QED) is 0.807. The van der Waals surface area contributed by atoms with E-state index in [1.807, 2.05) is 0 Å². The van der Waals surface area contributed by atoms with Crippen molar-refractivity contribution >= 4 is 12.4 Å². The second kappa shape index (κ2) is 6.61. The van der Waals surface area contributed by atoms with Crippen LogP contribution in [0.15, 0.2) is 0 Å². The van der Waals surface area contributed by atoms with Crippen molar-refractivity contribution in [1.82, 2.24) is 5.32 Å². The van der Waals surface area contributed by atoms with Crippen LogP contribution < -0.4 is 5.32 Å². The molecule has 5 fully saturated rings. The molecule has 5 aliphatic carbocycles. The van der Waals surface area contributed by atoms with Gasteiger partial charge in [0, 0.05) is 12.1 Å². The number of halogens is 1. The van der Waals surface area contributed by atoms with Gasteiger partial charge in [-0.05, 0) is 81.5 Å². The number of rotatable bonds is 4. The third kappa shape index (κ3) is 3.08. The second-order valence-corrected chi connectivity index (χ2v) is 9.02. The molecule has 2 atom stereocenters. The van der Waals surface area contributed by atoms with Crippen molar-refractivity contribution < 1.29 is 5.11 Å². The zero-order valence-electron chi connectivity index (χ0n) is 14.1. The number of hydrogen-bond donors (Lipinski definition) is 2. The van der Waals surface area contributed by atoms with Gasteiger partial charge < -0.3 is 10.4 Å². The molecule has 0 heterocycles. The van der Waals surface area contributed by atoms with E-state index in [2.05, 4.69) is 12.2 Å². The fourth-order valence-electron chi connectivity index (χ4n) is 6.80. The van der Waals surface area contributed by atoms with Crippen LogP contribution in [0.5, 0.6) is 0 Å². The molecule has 4 bridgehead atoms. The number of aliphatic hydroxyl groups is 1. The van der Waals surface area contributed by atoms with Crippen LogP contribution in [0.2, 0.25) is 0 Å². The molecule has 2 N–H and O–H groups in total. The molecule has 2 nitrogen and oxygen atoms in total. The predicted octanol–water partition coefficient (Wildman–Crippen LogP) is 4.30. The molecule has 0 radical (unpaired) electrons. The largest absolute Gasteiger partial charge is 0.391 e. The molecule has 0 aromatic heterocycles. The molecule has 5 aliphatic rings. The van der Waals surface area contributed by atoms with E-state index in [1.54, 1.807) is 0 Å². The van der Waals surface area contributed by atoms with E-state index in [9.17, 15) is 5.11 Å². The van der Waals surface area contributed by atoms with Crippen LogP contribution in [0.4, 0.5) is 0 Å². The van der Waals surface area contributed by atoms with E-state index in [0.717, 1.165) is 17.8 Å². The molecule has 5 saturated carbocycles. The minimum Gasteiger partial charge on any atom is -0.391 e. The smallest absolute Gasteiger partial charge is 0.0746 e. The third-order valence-corrected chi connectivity index (χ3v) is 7.29. The molecule has 22 heavy (non-hydrogen) atoms. The van der Waals surface area contributed by atoms with E-state index in [0.29, 0.717) is 6.04 Å². The zero-order chi connectivity index (χ0) is 14.4. The summed E-state index contributed by atoms with van der Waals surface area (Å²) in [5.74, 6) is 2.81. The van der Waals surface area contributed by atoms with Crippen LogP contribution in [0.1, 0.15) is 77.6 Å². The topological polar surface area (TPSA) is 32.3 Å². The summed E-state index contributed by atoms with van der Waals surface area (Å²) in [6.07, 6.45) is 15.0. The SMILES string of the molecule is CC(NC1CCCCC1)C(O)C12CC3CC(CC(C3)C1)C2.Cl. The first-order chi connectivity index (χ1) is 10.1. The Morgan fingerprint density at radius 3 is 1.91 bits per heavy atom. The Kier molecular flexibility index (Phi) is 5.12. The van der Waals surface area contributed by atoms with Gasteiger partial charge in [0.15, 0.2) is 0 Å². The Morgan fingerprint density at radius 2 is 1.41 bits per heavy atom. The fraction of sp³-hybridized carbons (Fsp3) is 1.00. The Labute approximate surface area is 142 Å². The van der Waals surface area contributed by atoms with Crippen molar-refractivity contribution in [3.8, 4) is 0 Å². The van der Waals surface area contributed by atoms with E-state index in [1.165, 1.54) is 70.6 Å². The monoisotopic (exact) mass is 327 g/mol. The van der Waals surface area contributed by atoms with Crippen LogP contribution in [0.25, 0.3) is 0 Å². The summed E-state index contributed by atoms with van der Waals surface area (Å²) < 4.78 is 0. The highest BCUT2D eigenvalue weighted by atomic mass is 35.5. The highest BCUT2D eigenvalue weighted by Gasteiger charge is 2.54. The average molecular weight is 328 g/mol. The molecular weight excluding hydrogens is 294 g/mol. The lowest BCUT2D eigenvalue weighted by Gasteiger charge is -2.59. The molecule has 0 aromatic rings. The van der Waals surface area contributed by atoms with E-state index in [4.69, 9.17) is 0 Å². The van der Waals surface area contributed by atoms with Gasteiger partial charge in [-0.1, -0.05) is 19.3 Å². The van der Waals surface area contributed by atoms with Crippen LogP contribution in [-0.4, -0.2) is 23.3 Å². The van der Waals surface area contributed by atoms with Crippen LogP contribution >= 0.6 is 12.4 Å². The Morgan fingerprint density at radius 1 is 0.909 bits per heavy atom. The minimum absolute atomic E-state index is 0. The maximum absolute atomic E-state index is 11.2. The molecule has 3 heteroatoms. The van der Waals surface area contributed by atoms with Gasteiger partial charge >= 0.3 is 0 Å². The van der Waals surface area contributed by atoms with Crippen molar-refractivity contribution in [2.75, 3.05) is 0 Å². The Hall–Kier alpha value is 0.210. The molecule has 5 rings (SSSR count). The number of aliphatic hydroxyl groups excluding tert-OH is 1. The maximum Gasteiger partial charge on any atom is 0.0746 e. The van der Waals surface area contributed by atoms with Gasteiger partial charge in [-0.15, -0.1) is 12.4 Å². The van der Waals surface area contributed by atoms with Gasteiger partial charge in [0.05, 0.1) is 6.10 Å². The summed E-state index contributed by atoms with van der Waals surface area (Å²) in [6, 6.07) is 0.946. The normalized spacial score (nSPS) is 43.6. The number of hydrogen-bond acceptors (Lipinski definition) is 2. The fourth-order valence-corrected chi connectivity index (χ4v) is 6.80. The molecule has 0 amide bonds. The van der Waals surface area contributed by atoms with E-state index < -0.39 is 0 Å². The van der Waals surface area contributed by atoms with Gasteiger partial charge in [0.1, 0.15) is 0 Å². The molecule has 0 saturated heterocycles. The lowest BCUT2D eigenvalue weighted by molar-refractivity contribution is -0.129. The van der Waals surface area contributed by atoms with Crippen LogP contribution in [0, 0.1) is 23.2 Å². The molecule has 128 valence electrons. The number of nitrogens with one attached hydrogen (secondary N) is 1. The Balaban J connectivity index is 0.00000144. The van der Waals surface area contributed by atoms with E-state index >= 15 is 0 Å². The minimum atomic E-state index is -0.118. The lowest BCUT2D eigenvalue weighted by Crippen LogP contribution is -2.58. The maximum atomic E-state index is 11.2. The van der Waals surface area contributed by atoms with Gasteiger partial charge in [-0.2, -0.15) is 0 Å². The molecule has 0 aromatic carbocycles. The molecule has 0 spiro atoms.